The second kappa shape index (κ2) is 10.1. The number of aryl methyl sites for hydroxylation is 1. The van der Waals surface area contributed by atoms with E-state index in [9.17, 15) is 0 Å². The Morgan fingerprint density at radius 3 is 1.71 bits per heavy atom. The highest BCUT2D eigenvalue weighted by Gasteiger charge is 2.16. The third-order valence-corrected chi connectivity index (χ3v) is 9.15. The lowest BCUT2D eigenvalue weighted by Gasteiger charge is -2.11. The molecule has 9 aromatic rings. The van der Waals surface area contributed by atoms with E-state index in [1.54, 1.807) is 0 Å². The first-order chi connectivity index (χ1) is 22.2. The lowest BCUT2D eigenvalue weighted by Crippen LogP contribution is -1.95. The van der Waals surface area contributed by atoms with E-state index in [-0.39, 0.29) is 0 Å². The maximum Gasteiger partial charge on any atom is 0.0547 e. The van der Waals surface area contributed by atoms with Crippen LogP contribution in [0.2, 0.25) is 0 Å². The van der Waals surface area contributed by atoms with Crippen LogP contribution in [0.5, 0.6) is 0 Å². The van der Waals surface area contributed by atoms with Gasteiger partial charge in [0.05, 0.1) is 22.1 Å². The highest BCUT2D eigenvalue weighted by atomic mass is 15.0. The van der Waals surface area contributed by atoms with Crippen molar-refractivity contribution in [1.29, 1.82) is 0 Å². The van der Waals surface area contributed by atoms with E-state index < -0.39 is 0 Å². The molecule has 0 radical (unpaired) electrons. The highest BCUT2D eigenvalue weighted by Crippen LogP contribution is 2.38. The maximum atomic E-state index is 2.43. The summed E-state index contributed by atoms with van der Waals surface area (Å²) < 4.78 is 4.80. The summed E-state index contributed by atoms with van der Waals surface area (Å²) in [5, 5.41) is 5.08. The van der Waals surface area contributed by atoms with Crippen molar-refractivity contribution in [1.82, 2.24) is 9.13 Å². The van der Waals surface area contributed by atoms with E-state index in [2.05, 4.69) is 180 Å². The highest BCUT2D eigenvalue weighted by molar-refractivity contribution is 6.12. The number of aromatic nitrogens is 2. The van der Waals surface area contributed by atoms with E-state index in [1.165, 1.54) is 82.8 Å². The van der Waals surface area contributed by atoms with Gasteiger partial charge in [0, 0.05) is 32.9 Å². The number of fused-ring (bicyclic) bond motifs is 6. The van der Waals surface area contributed by atoms with Gasteiger partial charge in [0.1, 0.15) is 0 Å². The molecule has 2 heteroatoms. The second-order valence-electron chi connectivity index (χ2n) is 11.9. The number of hydrogen-bond acceptors (Lipinski definition) is 0. The SMILES string of the molecule is Cc1ccc2c(c1)c1ccc(-c3ccc4c(c3)c3ccccc3n4-c3ccccc3)cc1n2-c1cccc(-c2ccccc2)c1. The van der Waals surface area contributed by atoms with Crippen molar-refractivity contribution in [3.05, 3.63) is 169 Å². The summed E-state index contributed by atoms with van der Waals surface area (Å²) in [6.45, 7) is 2.17. The zero-order valence-corrected chi connectivity index (χ0v) is 25.0. The predicted molar refractivity (Wildman–Crippen MR) is 191 cm³/mol. The van der Waals surface area contributed by atoms with Crippen molar-refractivity contribution in [3.8, 4) is 33.6 Å². The quantitative estimate of drug-likeness (QED) is 0.198. The molecular formula is C43H30N2. The van der Waals surface area contributed by atoms with Crippen molar-refractivity contribution in [3.63, 3.8) is 0 Å². The van der Waals surface area contributed by atoms with Gasteiger partial charge in [-0.2, -0.15) is 0 Å². The molecule has 0 saturated heterocycles. The zero-order chi connectivity index (χ0) is 29.9. The smallest absolute Gasteiger partial charge is 0.0547 e. The van der Waals surface area contributed by atoms with Crippen LogP contribution in [0.25, 0.3) is 77.2 Å². The third-order valence-electron chi connectivity index (χ3n) is 9.15. The number of benzene rings is 7. The molecule has 7 aromatic carbocycles. The molecule has 2 heterocycles. The van der Waals surface area contributed by atoms with E-state index in [4.69, 9.17) is 0 Å². The van der Waals surface area contributed by atoms with E-state index in [0.717, 1.165) is 0 Å². The topological polar surface area (TPSA) is 9.86 Å². The Labute approximate surface area is 262 Å². The minimum Gasteiger partial charge on any atom is -0.309 e. The summed E-state index contributed by atoms with van der Waals surface area (Å²) in [5.74, 6) is 0. The second-order valence-corrected chi connectivity index (χ2v) is 11.9. The summed E-state index contributed by atoms with van der Waals surface area (Å²) >= 11 is 0. The molecule has 9 rings (SSSR count). The molecule has 2 nitrogen and oxygen atoms in total. The Morgan fingerprint density at radius 2 is 0.867 bits per heavy atom. The Bertz CT molecular complexity index is 2530. The first-order valence-electron chi connectivity index (χ1n) is 15.5. The fourth-order valence-corrected chi connectivity index (χ4v) is 7.06. The summed E-state index contributed by atoms with van der Waals surface area (Å²) in [4.78, 5) is 0. The summed E-state index contributed by atoms with van der Waals surface area (Å²) in [7, 11) is 0. The normalized spacial score (nSPS) is 11.7. The van der Waals surface area contributed by atoms with Gasteiger partial charge < -0.3 is 9.13 Å². The molecule has 0 spiro atoms. The van der Waals surface area contributed by atoms with Gasteiger partial charge in [0.15, 0.2) is 0 Å². The van der Waals surface area contributed by atoms with Crippen molar-refractivity contribution in [2.75, 3.05) is 0 Å². The standard InChI is InChI=1S/C43H30N2/c1-29-19-23-41-38(25-29)37-22-20-33(28-43(37)45(41)35-16-10-13-31(26-35)30-11-4-2-5-12-30)32-21-24-42-39(27-32)36-17-8-9-18-40(36)44(42)34-14-6-3-7-15-34/h2-28H,1H3. The Hall–Kier alpha value is -5.86. The number of rotatable bonds is 4. The molecule has 0 amide bonds. The first kappa shape index (κ1) is 25.6. The van der Waals surface area contributed by atoms with Gasteiger partial charge in [-0.25, -0.2) is 0 Å². The first-order valence-corrected chi connectivity index (χ1v) is 15.5. The lowest BCUT2D eigenvalue weighted by molar-refractivity contribution is 1.18. The van der Waals surface area contributed by atoms with E-state index in [1.807, 2.05) is 0 Å². The molecule has 45 heavy (non-hydrogen) atoms. The minimum atomic E-state index is 1.17. The Kier molecular flexibility index (Phi) is 5.76. The largest absolute Gasteiger partial charge is 0.309 e. The Balaban J connectivity index is 1.27. The van der Waals surface area contributed by atoms with Gasteiger partial charge in [-0.15, -0.1) is 0 Å². The predicted octanol–water partition coefficient (Wildman–Crippen LogP) is 11.5. The molecular weight excluding hydrogens is 544 g/mol. The molecule has 0 aliphatic carbocycles. The van der Waals surface area contributed by atoms with Crippen LogP contribution < -0.4 is 0 Å². The molecule has 2 aromatic heterocycles. The van der Waals surface area contributed by atoms with Crippen LogP contribution in [0.15, 0.2) is 164 Å². The van der Waals surface area contributed by atoms with Gasteiger partial charge in [-0.05, 0) is 89.8 Å². The number of hydrogen-bond donors (Lipinski definition) is 0. The average molecular weight is 575 g/mol. The molecule has 0 saturated carbocycles. The molecule has 0 aliphatic rings. The van der Waals surface area contributed by atoms with Crippen LogP contribution in [0, 0.1) is 6.92 Å². The van der Waals surface area contributed by atoms with Crippen LogP contribution in [-0.4, -0.2) is 9.13 Å². The monoisotopic (exact) mass is 574 g/mol. The molecule has 0 fully saturated rings. The maximum absolute atomic E-state index is 2.43. The van der Waals surface area contributed by atoms with Crippen LogP contribution >= 0.6 is 0 Å². The van der Waals surface area contributed by atoms with Crippen molar-refractivity contribution in [2.45, 2.75) is 6.92 Å². The summed E-state index contributed by atoms with van der Waals surface area (Å²) in [5.41, 5.74) is 13.3. The van der Waals surface area contributed by atoms with Gasteiger partial charge in [-0.1, -0.05) is 109 Å². The minimum absolute atomic E-state index is 1.17. The molecule has 212 valence electrons. The molecule has 0 bridgehead atoms. The van der Waals surface area contributed by atoms with Gasteiger partial charge in [-0.3, -0.25) is 0 Å². The fourth-order valence-electron chi connectivity index (χ4n) is 7.06. The van der Waals surface area contributed by atoms with Crippen LogP contribution in [0.3, 0.4) is 0 Å². The number of para-hydroxylation sites is 2. The van der Waals surface area contributed by atoms with Gasteiger partial charge >= 0.3 is 0 Å². The molecule has 0 N–H and O–H groups in total. The average Bonchev–Trinajstić information content (AvgIpc) is 3.61. The molecule has 0 aliphatic heterocycles. The van der Waals surface area contributed by atoms with Gasteiger partial charge in [0.25, 0.3) is 0 Å². The van der Waals surface area contributed by atoms with Crippen molar-refractivity contribution >= 4 is 43.6 Å². The van der Waals surface area contributed by atoms with E-state index >= 15 is 0 Å². The van der Waals surface area contributed by atoms with Crippen LogP contribution in [0.1, 0.15) is 5.56 Å². The van der Waals surface area contributed by atoms with Crippen molar-refractivity contribution in [2.24, 2.45) is 0 Å². The van der Waals surface area contributed by atoms with Crippen molar-refractivity contribution < 1.29 is 0 Å². The Morgan fingerprint density at radius 1 is 0.311 bits per heavy atom. The van der Waals surface area contributed by atoms with E-state index in [0.29, 0.717) is 0 Å². The van der Waals surface area contributed by atoms with Crippen LogP contribution in [-0.2, 0) is 0 Å². The lowest BCUT2D eigenvalue weighted by atomic mass is 10.0. The molecule has 0 unspecified atom stereocenters. The number of nitrogens with zero attached hydrogens (tertiary/aromatic N) is 2. The summed E-state index contributed by atoms with van der Waals surface area (Å²) in [6.07, 6.45) is 0. The summed E-state index contributed by atoms with van der Waals surface area (Å²) in [6, 6.07) is 59.6. The fraction of sp³-hybridized carbons (Fsp3) is 0.0233. The third kappa shape index (κ3) is 4.11. The zero-order valence-electron chi connectivity index (χ0n) is 25.0. The molecule has 0 atom stereocenters. The van der Waals surface area contributed by atoms with Crippen LogP contribution in [0.4, 0.5) is 0 Å². The van der Waals surface area contributed by atoms with Gasteiger partial charge in [0.2, 0.25) is 0 Å².